The first-order valence-corrected chi connectivity index (χ1v) is 6.68. The molecule has 1 aliphatic heterocycles. The van der Waals surface area contributed by atoms with E-state index in [1.165, 1.54) is 6.92 Å². The van der Waals surface area contributed by atoms with Crippen molar-refractivity contribution in [3.8, 4) is 0 Å². The fourth-order valence-electron chi connectivity index (χ4n) is 3.08. The van der Waals surface area contributed by atoms with Gasteiger partial charge in [0.2, 0.25) is 0 Å². The van der Waals surface area contributed by atoms with Crippen LogP contribution in [-0.4, -0.2) is 16.9 Å². The van der Waals surface area contributed by atoms with Gasteiger partial charge in [-0.2, -0.15) is 0 Å². The van der Waals surface area contributed by atoms with Crippen molar-refractivity contribution in [2.24, 2.45) is 17.8 Å². The standard InChI is InChI=1S/C14H22O4/c1-8(2)11-6-5-9(3)7-14(11)17-12(15)10(4)13(16)18-14/h8-9,11,15H,5-7H2,1-4H3. The maximum Gasteiger partial charge on any atom is 0.344 e. The molecule has 0 radical (unpaired) electrons. The lowest BCUT2D eigenvalue weighted by Gasteiger charge is -2.47. The van der Waals surface area contributed by atoms with Gasteiger partial charge in [-0.3, -0.25) is 0 Å². The second-order valence-electron chi connectivity index (χ2n) is 5.97. The van der Waals surface area contributed by atoms with Gasteiger partial charge in [-0.05, 0) is 31.6 Å². The van der Waals surface area contributed by atoms with Crippen molar-refractivity contribution in [3.05, 3.63) is 11.5 Å². The number of hydrogen-bond donors (Lipinski definition) is 1. The minimum Gasteiger partial charge on any atom is -0.481 e. The molecule has 0 aromatic carbocycles. The fraction of sp³-hybridized carbons (Fsp3) is 0.786. The minimum atomic E-state index is -0.966. The number of esters is 1. The Morgan fingerprint density at radius 3 is 2.56 bits per heavy atom. The third-order valence-electron chi connectivity index (χ3n) is 4.14. The van der Waals surface area contributed by atoms with Crippen molar-refractivity contribution in [2.45, 2.75) is 52.7 Å². The predicted molar refractivity (Wildman–Crippen MR) is 66.6 cm³/mol. The van der Waals surface area contributed by atoms with Crippen LogP contribution in [0.5, 0.6) is 0 Å². The van der Waals surface area contributed by atoms with Gasteiger partial charge in [-0.15, -0.1) is 0 Å². The average Bonchev–Trinajstić information content (AvgIpc) is 2.25. The van der Waals surface area contributed by atoms with Crippen LogP contribution in [0.25, 0.3) is 0 Å². The Kier molecular flexibility index (Phi) is 3.30. The van der Waals surface area contributed by atoms with Crippen molar-refractivity contribution >= 4 is 5.97 Å². The van der Waals surface area contributed by atoms with E-state index < -0.39 is 11.8 Å². The van der Waals surface area contributed by atoms with Gasteiger partial charge in [-0.1, -0.05) is 20.8 Å². The molecule has 2 rings (SSSR count). The van der Waals surface area contributed by atoms with Crippen molar-refractivity contribution in [1.29, 1.82) is 0 Å². The Morgan fingerprint density at radius 1 is 1.33 bits per heavy atom. The van der Waals surface area contributed by atoms with Crippen LogP contribution in [-0.2, 0) is 14.3 Å². The molecule has 1 aliphatic carbocycles. The highest BCUT2D eigenvalue weighted by Crippen LogP contribution is 2.47. The van der Waals surface area contributed by atoms with Crippen LogP contribution < -0.4 is 0 Å². The SMILES string of the molecule is CC1=C(O)OC2(CC(C)CCC2C(C)C)OC1=O. The summed E-state index contributed by atoms with van der Waals surface area (Å²) in [4.78, 5) is 11.8. The molecule has 2 aliphatic rings. The first kappa shape index (κ1) is 13.2. The summed E-state index contributed by atoms with van der Waals surface area (Å²) in [5, 5.41) is 9.81. The molecule has 0 amide bonds. The van der Waals surface area contributed by atoms with Crippen LogP contribution in [0.3, 0.4) is 0 Å². The summed E-state index contributed by atoms with van der Waals surface area (Å²) in [5.41, 5.74) is 0.154. The van der Waals surface area contributed by atoms with Gasteiger partial charge in [0, 0.05) is 12.3 Å². The molecule has 1 spiro atoms. The van der Waals surface area contributed by atoms with E-state index in [1.54, 1.807) is 0 Å². The number of aliphatic hydroxyl groups excluding tert-OH is 1. The molecule has 4 nitrogen and oxygen atoms in total. The summed E-state index contributed by atoms with van der Waals surface area (Å²) in [7, 11) is 0. The molecule has 1 heterocycles. The fourth-order valence-corrected chi connectivity index (χ4v) is 3.08. The topological polar surface area (TPSA) is 55.8 Å². The summed E-state index contributed by atoms with van der Waals surface area (Å²) in [5.74, 6) is -0.792. The van der Waals surface area contributed by atoms with E-state index in [0.717, 1.165) is 12.8 Å². The predicted octanol–water partition coefficient (Wildman–Crippen LogP) is 3.14. The zero-order valence-corrected chi connectivity index (χ0v) is 11.5. The quantitative estimate of drug-likeness (QED) is 0.730. The van der Waals surface area contributed by atoms with Gasteiger partial charge < -0.3 is 14.6 Å². The molecule has 18 heavy (non-hydrogen) atoms. The lowest BCUT2D eigenvalue weighted by atomic mass is 9.72. The molecular formula is C14H22O4. The Hall–Kier alpha value is -1.19. The van der Waals surface area contributed by atoms with Crippen LogP contribution in [0.1, 0.15) is 47.0 Å². The van der Waals surface area contributed by atoms with Crippen LogP contribution >= 0.6 is 0 Å². The molecule has 1 saturated carbocycles. The van der Waals surface area contributed by atoms with Gasteiger partial charge in [0.25, 0.3) is 11.7 Å². The summed E-state index contributed by atoms with van der Waals surface area (Å²) in [6.45, 7) is 7.84. The zero-order valence-electron chi connectivity index (χ0n) is 11.5. The number of rotatable bonds is 1. The van der Waals surface area contributed by atoms with Crippen LogP contribution in [0, 0.1) is 17.8 Å². The average molecular weight is 254 g/mol. The minimum absolute atomic E-state index is 0.132. The Balaban J connectivity index is 2.35. The molecule has 0 aromatic heterocycles. The van der Waals surface area contributed by atoms with Crippen molar-refractivity contribution in [2.75, 3.05) is 0 Å². The van der Waals surface area contributed by atoms with Crippen LogP contribution in [0.4, 0.5) is 0 Å². The second kappa shape index (κ2) is 4.48. The maximum absolute atomic E-state index is 11.8. The van der Waals surface area contributed by atoms with Crippen molar-refractivity contribution < 1.29 is 19.4 Å². The molecule has 1 N–H and O–H groups in total. The van der Waals surface area contributed by atoms with E-state index in [-0.39, 0.29) is 17.4 Å². The number of aliphatic hydroxyl groups is 1. The van der Waals surface area contributed by atoms with E-state index in [0.29, 0.717) is 18.3 Å². The molecular weight excluding hydrogens is 232 g/mol. The van der Waals surface area contributed by atoms with E-state index in [9.17, 15) is 9.90 Å². The molecule has 0 bridgehead atoms. The molecule has 1 fully saturated rings. The van der Waals surface area contributed by atoms with Gasteiger partial charge in [0.15, 0.2) is 0 Å². The van der Waals surface area contributed by atoms with Crippen LogP contribution in [0.2, 0.25) is 0 Å². The van der Waals surface area contributed by atoms with E-state index in [1.807, 2.05) is 0 Å². The summed E-state index contributed by atoms with van der Waals surface area (Å²) >= 11 is 0. The molecule has 4 heteroatoms. The third kappa shape index (κ3) is 2.08. The van der Waals surface area contributed by atoms with Gasteiger partial charge >= 0.3 is 5.97 Å². The van der Waals surface area contributed by atoms with Crippen molar-refractivity contribution in [3.63, 3.8) is 0 Å². The second-order valence-corrected chi connectivity index (χ2v) is 5.97. The smallest absolute Gasteiger partial charge is 0.344 e. The highest BCUT2D eigenvalue weighted by atomic mass is 16.8. The number of carbonyl (C=O) groups is 1. The Labute approximate surface area is 108 Å². The Bertz CT molecular complexity index is 385. The molecule has 102 valence electrons. The molecule has 0 aromatic rings. The summed E-state index contributed by atoms with van der Waals surface area (Å²) < 4.78 is 11.2. The lowest BCUT2D eigenvalue weighted by molar-refractivity contribution is -0.283. The first-order chi connectivity index (χ1) is 8.35. The monoisotopic (exact) mass is 254 g/mol. The molecule has 0 saturated heterocycles. The van der Waals surface area contributed by atoms with Crippen LogP contribution in [0.15, 0.2) is 11.5 Å². The van der Waals surface area contributed by atoms with E-state index >= 15 is 0 Å². The first-order valence-electron chi connectivity index (χ1n) is 6.68. The van der Waals surface area contributed by atoms with Crippen molar-refractivity contribution in [1.82, 2.24) is 0 Å². The van der Waals surface area contributed by atoms with E-state index in [2.05, 4.69) is 20.8 Å². The number of ether oxygens (including phenoxy) is 2. The normalized spacial score (nSPS) is 36.8. The van der Waals surface area contributed by atoms with Gasteiger partial charge in [0.05, 0.1) is 0 Å². The number of carbonyl (C=O) groups excluding carboxylic acids is 1. The summed E-state index contributed by atoms with van der Waals surface area (Å²) in [6.07, 6.45) is 2.71. The third-order valence-corrected chi connectivity index (χ3v) is 4.14. The number of hydrogen-bond acceptors (Lipinski definition) is 4. The highest BCUT2D eigenvalue weighted by molar-refractivity contribution is 5.88. The molecule has 3 atom stereocenters. The van der Waals surface area contributed by atoms with Gasteiger partial charge in [-0.25, -0.2) is 4.79 Å². The van der Waals surface area contributed by atoms with E-state index in [4.69, 9.17) is 9.47 Å². The highest BCUT2D eigenvalue weighted by Gasteiger charge is 2.53. The summed E-state index contributed by atoms with van der Waals surface area (Å²) in [6, 6.07) is 0. The zero-order chi connectivity index (χ0) is 13.5. The lowest BCUT2D eigenvalue weighted by Crippen LogP contribution is -2.53. The molecule has 3 unspecified atom stereocenters. The largest absolute Gasteiger partial charge is 0.481 e. The van der Waals surface area contributed by atoms with Gasteiger partial charge in [0.1, 0.15) is 5.57 Å². The Morgan fingerprint density at radius 2 is 2.00 bits per heavy atom. The maximum atomic E-state index is 11.8.